The molecule has 2 heterocycles. The number of halogens is 2. The van der Waals surface area contributed by atoms with Crippen LogP contribution in [0.5, 0.6) is 0 Å². The molecule has 1 fully saturated rings. The molecule has 1 aliphatic rings. The Morgan fingerprint density at radius 2 is 1.85 bits per heavy atom. The van der Waals surface area contributed by atoms with Gasteiger partial charge in [0.05, 0.1) is 15.6 Å². The van der Waals surface area contributed by atoms with Crippen molar-refractivity contribution in [2.45, 2.75) is 0 Å². The molecule has 2 aromatic carbocycles. The van der Waals surface area contributed by atoms with Crippen molar-refractivity contribution in [3.63, 3.8) is 0 Å². The van der Waals surface area contributed by atoms with Crippen molar-refractivity contribution in [3.05, 3.63) is 80.8 Å². The third kappa shape index (κ3) is 4.18. The van der Waals surface area contributed by atoms with E-state index in [9.17, 15) is 4.79 Å². The topological polar surface area (TPSA) is 54.6 Å². The molecule has 0 spiro atoms. The van der Waals surface area contributed by atoms with E-state index >= 15 is 0 Å². The van der Waals surface area contributed by atoms with Crippen molar-refractivity contribution in [3.8, 4) is 11.3 Å². The van der Waals surface area contributed by atoms with Gasteiger partial charge in [-0.15, -0.1) is 0 Å². The minimum absolute atomic E-state index is 0.202. The Morgan fingerprint density at radius 1 is 1.07 bits per heavy atom. The fourth-order valence-electron chi connectivity index (χ4n) is 2.48. The molecular formula is C20H12BrClN2O2S. The molecular weight excluding hydrogens is 448 g/mol. The van der Waals surface area contributed by atoms with Crippen LogP contribution in [0.15, 0.2) is 79.5 Å². The number of hydrogen-bond acceptors (Lipinski definition) is 4. The molecule has 3 aromatic rings. The number of nitrogens with zero attached hydrogens (tertiary/aromatic N) is 1. The maximum atomic E-state index is 12.2. The van der Waals surface area contributed by atoms with E-state index in [0.717, 1.165) is 15.7 Å². The van der Waals surface area contributed by atoms with Crippen molar-refractivity contribution in [1.29, 1.82) is 0 Å². The van der Waals surface area contributed by atoms with E-state index in [1.54, 1.807) is 6.08 Å². The number of furan rings is 1. The van der Waals surface area contributed by atoms with Gasteiger partial charge in [0, 0.05) is 16.1 Å². The summed E-state index contributed by atoms with van der Waals surface area (Å²) in [5.74, 6) is 1.03. The van der Waals surface area contributed by atoms with Crippen LogP contribution in [-0.2, 0) is 4.79 Å². The molecule has 134 valence electrons. The maximum absolute atomic E-state index is 12.2. The van der Waals surface area contributed by atoms with Gasteiger partial charge in [0.25, 0.3) is 5.91 Å². The fourth-order valence-corrected chi connectivity index (χ4v) is 3.79. The molecule has 0 saturated carbocycles. The van der Waals surface area contributed by atoms with E-state index in [1.165, 1.54) is 11.8 Å². The van der Waals surface area contributed by atoms with Crippen molar-refractivity contribution >= 4 is 62.1 Å². The molecule has 7 heteroatoms. The Bertz CT molecular complexity index is 1070. The fraction of sp³-hybridized carbons (Fsp3) is 0. The van der Waals surface area contributed by atoms with Crippen molar-refractivity contribution < 1.29 is 9.21 Å². The van der Waals surface area contributed by atoms with Gasteiger partial charge in [-0.2, -0.15) is 0 Å². The highest BCUT2D eigenvalue weighted by Crippen LogP contribution is 2.32. The number of amidine groups is 1. The average Bonchev–Trinajstić information content (AvgIpc) is 3.25. The molecule has 0 bridgehead atoms. The van der Waals surface area contributed by atoms with Gasteiger partial charge in [0.2, 0.25) is 0 Å². The predicted molar refractivity (Wildman–Crippen MR) is 114 cm³/mol. The van der Waals surface area contributed by atoms with Gasteiger partial charge >= 0.3 is 0 Å². The lowest BCUT2D eigenvalue weighted by Gasteiger charge is -1.99. The highest BCUT2D eigenvalue weighted by molar-refractivity contribution is 9.10. The maximum Gasteiger partial charge on any atom is 0.264 e. The van der Waals surface area contributed by atoms with Crippen molar-refractivity contribution in [2.24, 2.45) is 4.99 Å². The second-order valence-electron chi connectivity index (χ2n) is 5.64. The number of amides is 1. The number of hydrogen-bond donors (Lipinski definition) is 1. The molecule has 1 saturated heterocycles. The lowest BCUT2D eigenvalue weighted by molar-refractivity contribution is -0.115. The summed E-state index contributed by atoms with van der Waals surface area (Å²) in [7, 11) is 0. The third-order valence-corrected chi connectivity index (χ3v) is 5.52. The first-order valence-electron chi connectivity index (χ1n) is 7.98. The number of carbonyl (C=O) groups is 1. The van der Waals surface area contributed by atoms with Crippen LogP contribution in [-0.4, -0.2) is 11.1 Å². The highest BCUT2D eigenvalue weighted by Gasteiger charge is 2.24. The summed E-state index contributed by atoms with van der Waals surface area (Å²) in [6, 6.07) is 18.6. The van der Waals surface area contributed by atoms with Gasteiger partial charge in [-0.1, -0.05) is 39.7 Å². The second kappa shape index (κ2) is 7.76. The predicted octanol–water partition coefficient (Wildman–Crippen LogP) is 6.25. The smallest absolute Gasteiger partial charge is 0.264 e. The Kier molecular flexibility index (Phi) is 5.20. The number of aliphatic imine (C=N–C) groups is 1. The molecule has 1 aliphatic heterocycles. The molecule has 1 amide bonds. The second-order valence-corrected chi connectivity index (χ2v) is 7.99. The van der Waals surface area contributed by atoms with E-state index in [0.29, 0.717) is 26.6 Å². The highest BCUT2D eigenvalue weighted by atomic mass is 79.9. The van der Waals surface area contributed by atoms with Gasteiger partial charge in [0.15, 0.2) is 5.17 Å². The number of benzene rings is 2. The number of nitrogens with one attached hydrogen (secondary N) is 1. The molecule has 4 nitrogen and oxygen atoms in total. The Balaban J connectivity index is 1.55. The van der Waals surface area contributed by atoms with Crippen LogP contribution in [0.25, 0.3) is 17.4 Å². The standard InChI is InChI=1S/C20H12BrClN2O2S/c21-12-5-7-13(8-6-12)23-20-24-19(25)18(27-20)11-14-9-10-17(26-14)15-3-1-2-4-16(15)22/h1-11H,(H,23,24,25). The monoisotopic (exact) mass is 458 g/mol. The van der Waals surface area contributed by atoms with Gasteiger partial charge < -0.3 is 9.73 Å². The molecule has 1 N–H and O–H groups in total. The lowest BCUT2D eigenvalue weighted by Crippen LogP contribution is -2.19. The number of rotatable bonds is 3. The van der Waals surface area contributed by atoms with E-state index in [4.69, 9.17) is 16.0 Å². The summed E-state index contributed by atoms with van der Waals surface area (Å²) >= 11 is 10.9. The summed E-state index contributed by atoms with van der Waals surface area (Å²) in [4.78, 5) is 17.2. The zero-order chi connectivity index (χ0) is 18.8. The largest absolute Gasteiger partial charge is 0.457 e. The Labute approximate surface area is 173 Å². The van der Waals surface area contributed by atoms with E-state index < -0.39 is 0 Å². The van der Waals surface area contributed by atoms with Gasteiger partial charge in [-0.3, -0.25) is 4.79 Å². The molecule has 1 aromatic heterocycles. The van der Waals surface area contributed by atoms with Crippen LogP contribution in [0.2, 0.25) is 5.02 Å². The molecule has 27 heavy (non-hydrogen) atoms. The summed E-state index contributed by atoms with van der Waals surface area (Å²) in [5.41, 5.74) is 1.58. The Morgan fingerprint density at radius 3 is 2.63 bits per heavy atom. The van der Waals surface area contributed by atoms with Crippen molar-refractivity contribution in [2.75, 3.05) is 0 Å². The summed E-state index contributed by atoms with van der Waals surface area (Å²) in [6.07, 6.45) is 1.70. The Hall–Kier alpha value is -2.28. The van der Waals surface area contributed by atoms with Crippen LogP contribution in [0, 0.1) is 0 Å². The first-order chi connectivity index (χ1) is 13.1. The molecule has 4 rings (SSSR count). The van der Waals surface area contributed by atoms with E-state index in [2.05, 4.69) is 26.2 Å². The first-order valence-corrected chi connectivity index (χ1v) is 9.97. The van der Waals surface area contributed by atoms with Gasteiger partial charge in [0.1, 0.15) is 11.5 Å². The summed E-state index contributed by atoms with van der Waals surface area (Å²) in [5, 5.41) is 3.91. The van der Waals surface area contributed by atoms with Gasteiger partial charge in [-0.25, -0.2) is 4.99 Å². The van der Waals surface area contributed by atoms with Crippen molar-refractivity contribution in [1.82, 2.24) is 5.32 Å². The van der Waals surface area contributed by atoms with E-state index in [-0.39, 0.29) is 5.91 Å². The average molecular weight is 460 g/mol. The normalized spacial score (nSPS) is 16.9. The van der Waals surface area contributed by atoms with Crippen LogP contribution < -0.4 is 5.32 Å². The van der Waals surface area contributed by atoms with Crippen LogP contribution >= 0.6 is 39.3 Å². The first kappa shape index (κ1) is 18.1. The van der Waals surface area contributed by atoms with Gasteiger partial charge in [-0.05, 0) is 60.3 Å². The summed E-state index contributed by atoms with van der Waals surface area (Å²) in [6.45, 7) is 0. The van der Waals surface area contributed by atoms with Crippen LogP contribution in [0.1, 0.15) is 5.76 Å². The number of carbonyl (C=O) groups excluding carboxylic acids is 1. The lowest BCUT2D eigenvalue weighted by atomic mass is 10.2. The van der Waals surface area contributed by atoms with E-state index in [1.807, 2.05) is 60.7 Å². The molecule has 0 radical (unpaired) electrons. The molecule has 0 aliphatic carbocycles. The quantitative estimate of drug-likeness (QED) is 0.471. The third-order valence-electron chi connectivity index (χ3n) is 3.75. The minimum atomic E-state index is -0.202. The molecule has 0 unspecified atom stereocenters. The summed E-state index contributed by atoms with van der Waals surface area (Å²) < 4.78 is 6.80. The zero-order valence-electron chi connectivity index (χ0n) is 13.8. The zero-order valence-corrected chi connectivity index (χ0v) is 16.9. The molecule has 0 atom stereocenters. The van der Waals surface area contributed by atoms with Crippen LogP contribution in [0.4, 0.5) is 5.69 Å². The minimum Gasteiger partial charge on any atom is -0.457 e. The SMILES string of the molecule is O=C1NC(=Nc2ccc(Br)cc2)SC1=Cc1ccc(-c2ccccc2Cl)o1. The van der Waals surface area contributed by atoms with Crippen LogP contribution in [0.3, 0.4) is 0 Å². The number of thioether (sulfide) groups is 1.